The van der Waals surface area contributed by atoms with Crippen molar-refractivity contribution in [3.05, 3.63) is 28.2 Å². The predicted octanol–water partition coefficient (Wildman–Crippen LogP) is 3.08. The van der Waals surface area contributed by atoms with Gasteiger partial charge in [-0.25, -0.2) is 8.42 Å². The molecular weight excluding hydrogens is 340 g/mol. The van der Waals surface area contributed by atoms with Crippen molar-refractivity contribution in [3.63, 3.8) is 0 Å². The second kappa shape index (κ2) is 6.98. The summed E-state index contributed by atoms with van der Waals surface area (Å²) in [5.74, 6) is 0.488. The van der Waals surface area contributed by atoms with Crippen LogP contribution in [0.4, 0.5) is 5.69 Å². The minimum atomic E-state index is -3.37. The van der Waals surface area contributed by atoms with Crippen LogP contribution in [0.15, 0.2) is 22.7 Å². The van der Waals surface area contributed by atoms with Gasteiger partial charge in [-0.05, 0) is 47.0 Å². The normalized spacial score (nSPS) is 10.9. The summed E-state index contributed by atoms with van der Waals surface area (Å²) in [6.07, 6.45) is 1.18. The summed E-state index contributed by atoms with van der Waals surface area (Å²) >= 11 is 8.72. The van der Waals surface area contributed by atoms with Gasteiger partial charge in [0.25, 0.3) is 0 Å². The van der Waals surface area contributed by atoms with E-state index in [-0.39, 0.29) is 5.75 Å². The monoisotopic (exact) mass is 350 g/mol. The van der Waals surface area contributed by atoms with Crippen molar-refractivity contribution in [3.8, 4) is 6.07 Å². The van der Waals surface area contributed by atoms with Crippen LogP contribution in [0.3, 0.4) is 0 Å². The van der Waals surface area contributed by atoms with Gasteiger partial charge in [0, 0.05) is 10.4 Å². The fraction of sp³-hybridized carbons (Fsp3) is 0.364. The quantitative estimate of drug-likeness (QED) is 0.632. The van der Waals surface area contributed by atoms with E-state index in [2.05, 4.69) is 20.7 Å². The molecule has 1 rings (SSSR count). The fourth-order valence-electron chi connectivity index (χ4n) is 1.27. The van der Waals surface area contributed by atoms with E-state index in [4.69, 9.17) is 16.9 Å². The van der Waals surface area contributed by atoms with Gasteiger partial charge in [-0.15, -0.1) is 11.6 Å². The van der Waals surface area contributed by atoms with E-state index in [1.54, 1.807) is 18.2 Å². The molecular formula is C11H12BrClN2O2S. The van der Waals surface area contributed by atoms with Crippen molar-refractivity contribution in [2.24, 2.45) is 0 Å². The minimum absolute atomic E-state index is 0.0339. The molecule has 0 radical (unpaired) electrons. The van der Waals surface area contributed by atoms with Gasteiger partial charge < -0.3 is 0 Å². The molecule has 0 fully saturated rings. The zero-order valence-electron chi connectivity index (χ0n) is 9.49. The number of hydrogen-bond donors (Lipinski definition) is 1. The third-order valence-electron chi connectivity index (χ3n) is 2.16. The molecule has 0 saturated carbocycles. The number of alkyl halides is 1. The lowest BCUT2D eigenvalue weighted by atomic mass is 10.2. The molecule has 0 unspecified atom stereocenters. The summed E-state index contributed by atoms with van der Waals surface area (Å²) < 4.78 is 26.5. The first-order valence-corrected chi connectivity index (χ1v) is 8.22. The molecule has 1 aromatic carbocycles. The van der Waals surface area contributed by atoms with Crippen molar-refractivity contribution in [1.29, 1.82) is 5.26 Å². The number of benzene rings is 1. The topological polar surface area (TPSA) is 70.0 Å². The highest BCUT2D eigenvalue weighted by Crippen LogP contribution is 2.24. The Bertz CT molecular complexity index is 555. The number of nitriles is 1. The van der Waals surface area contributed by atoms with Gasteiger partial charge >= 0.3 is 0 Å². The average molecular weight is 352 g/mol. The van der Waals surface area contributed by atoms with Gasteiger partial charge in [0.15, 0.2) is 0 Å². The molecule has 1 aromatic rings. The molecule has 7 heteroatoms. The first kappa shape index (κ1) is 15.3. The third kappa shape index (κ3) is 4.84. The highest BCUT2D eigenvalue weighted by Gasteiger charge is 2.12. The van der Waals surface area contributed by atoms with Crippen LogP contribution in [-0.4, -0.2) is 20.1 Å². The van der Waals surface area contributed by atoms with E-state index in [1.165, 1.54) is 0 Å². The van der Waals surface area contributed by atoms with E-state index < -0.39 is 10.0 Å². The molecule has 0 heterocycles. The smallest absolute Gasteiger partial charge is 0.232 e. The summed E-state index contributed by atoms with van der Waals surface area (Å²) in [6.45, 7) is 0. The number of sulfonamides is 1. The minimum Gasteiger partial charge on any atom is -0.282 e. The Morgan fingerprint density at radius 2 is 2.11 bits per heavy atom. The maximum Gasteiger partial charge on any atom is 0.232 e. The highest BCUT2D eigenvalue weighted by atomic mass is 79.9. The van der Waals surface area contributed by atoms with Crippen LogP contribution in [0.25, 0.3) is 0 Å². The SMILES string of the molecule is N#Cc1ccc(NS(=O)(=O)CCCCCl)c(Br)c1. The summed E-state index contributed by atoms with van der Waals surface area (Å²) in [5, 5.41) is 8.71. The van der Waals surface area contributed by atoms with E-state index in [1.807, 2.05) is 6.07 Å². The molecule has 98 valence electrons. The van der Waals surface area contributed by atoms with Gasteiger partial charge in [-0.1, -0.05) is 0 Å². The Labute approximate surface area is 120 Å². The summed E-state index contributed by atoms with van der Waals surface area (Å²) in [6, 6.07) is 6.66. The first-order valence-electron chi connectivity index (χ1n) is 5.24. The number of unbranched alkanes of at least 4 members (excludes halogenated alkanes) is 1. The Balaban J connectivity index is 2.75. The lowest BCUT2D eigenvalue weighted by Crippen LogP contribution is -2.17. The van der Waals surface area contributed by atoms with Gasteiger partial charge in [-0.2, -0.15) is 5.26 Å². The molecule has 0 amide bonds. The van der Waals surface area contributed by atoms with Crippen molar-refractivity contribution in [2.75, 3.05) is 16.4 Å². The largest absolute Gasteiger partial charge is 0.282 e. The Kier molecular flexibility index (Phi) is 5.93. The molecule has 0 saturated heterocycles. The lowest BCUT2D eigenvalue weighted by Gasteiger charge is -2.09. The van der Waals surface area contributed by atoms with Crippen LogP contribution >= 0.6 is 27.5 Å². The van der Waals surface area contributed by atoms with Crippen LogP contribution < -0.4 is 4.72 Å². The van der Waals surface area contributed by atoms with E-state index in [9.17, 15) is 8.42 Å². The van der Waals surface area contributed by atoms with E-state index in [0.717, 1.165) is 0 Å². The molecule has 0 bridgehead atoms. The van der Waals surface area contributed by atoms with Crippen LogP contribution in [0.1, 0.15) is 18.4 Å². The number of nitrogens with zero attached hydrogens (tertiary/aromatic N) is 1. The van der Waals surface area contributed by atoms with Crippen molar-refractivity contribution >= 4 is 43.2 Å². The Morgan fingerprint density at radius 3 is 2.67 bits per heavy atom. The molecule has 18 heavy (non-hydrogen) atoms. The van der Waals surface area contributed by atoms with Gasteiger partial charge in [0.2, 0.25) is 10.0 Å². The lowest BCUT2D eigenvalue weighted by molar-refractivity contribution is 0.598. The van der Waals surface area contributed by atoms with Crippen molar-refractivity contribution < 1.29 is 8.42 Å². The number of anilines is 1. The van der Waals surface area contributed by atoms with Gasteiger partial charge in [0.05, 0.1) is 23.1 Å². The number of hydrogen-bond acceptors (Lipinski definition) is 3. The van der Waals surface area contributed by atoms with Gasteiger partial charge in [0.1, 0.15) is 0 Å². The van der Waals surface area contributed by atoms with Crippen molar-refractivity contribution in [2.45, 2.75) is 12.8 Å². The molecule has 0 aliphatic carbocycles. The second-order valence-corrected chi connectivity index (χ2v) is 6.70. The summed E-state index contributed by atoms with van der Waals surface area (Å²) in [5.41, 5.74) is 0.895. The maximum atomic E-state index is 11.7. The highest BCUT2D eigenvalue weighted by molar-refractivity contribution is 9.10. The maximum absolute atomic E-state index is 11.7. The Morgan fingerprint density at radius 1 is 1.39 bits per heavy atom. The number of rotatable bonds is 6. The zero-order valence-corrected chi connectivity index (χ0v) is 12.6. The molecule has 1 N–H and O–H groups in total. The molecule has 0 spiro atoms. The summed E-state index contributed by atoms with van der Waals surface area (Å²) in [4.78, 5) is 0. The fourth-order valence-corrected chi connectivity index (χ4v) is 3.27. The van der Waals surface area contributed by atoms with Crippen molar-refractivity contribution in [1.82, 2.24) is 0 Å². The first-order chi connectivity index (χ1) is 8.48. The predicted molar refractivity (Wildman–Crippen MR) is 76.2 cm³/mol. The van der Waals surface area contributed by atoms with Crippen LogP contribution in [0.2, 0.25) is 0 Å². The molecule has 0 aromatic heterocycles. The van der Waals surface area contributed by atoms with Crippen LogP contribution in [0, 0.1) is 11.3 Å². The molecule has 0 atom stereocenters. The molecule has 4 nitrogen and oxygen atoms in total. The number of halogens is 2. The van der Waals surface area contributed by atoms with Crippen LogP contribution in [-0.2, 0) is 10.0 Å². The van der Waals surface area contributed by atoms with E-state index in [0.29, 0.717) is 34.4 Å². The van der Waals surface area contributed by atoms with E-state index >= 15 is 0 Å². The summed E-state index contributed by atoms with van der Waals surface area (Å²) in [7, 11) is -3.37. The standard InChI is InChI=1S/C11H12BrClN2O2S/c12-10-7-9(8-14)3-4-11(10)15-18(16,17)6-2-1-5-13/h3-4,7,15H,1-2,5-6H2. The number of nitrogens with one attached hydrogen (secondary N) is 1. The molecule has 0 aliphatic rings. The molecule has 0 aliphatic heterocycles. The zero-order chi connectivity index (χ0) is 13.6. The Hall–Kier alpha value is -0.770. The third-order valence-corrected chi connectivity index (χ3v) is 4.44. The van der Waals surface area contributed by atoms with Gasteiger partial charge in [-0.3, -0.25) is 4.72 Å². The van der Waals surface area contributed by atoms with Crippen LogP contribution in [0.5, 0.6) is 0 Å². The second-order valence-electron chi connectivity index (χ2n) is 3.62. The average Bonchev–Trinajstić information content (AvgIpc) is 2.31.